The Morgan fingerprint density at radius 1 is 1.30 bits per heavy atom. The minimum Gasteiger partial charge on any atom is -0.256 e. The number of fused-ring (bicyclic) bond motifs is 1. The highest BCUT2D eigenvalue weighted by Gasteiger charge is 2.14. The molecule has 2 rings (SSSR count). The molecule has 3 heteroatoms. The average Bonchev–Trinajstić information content (AvgIpc) is 2.27. The highest BCUT2D eigenvalue weighted by molar-refractivity contribution is 6.27. The Labute approximate surface area is 62.0 Å². The van der Waals surface area contributed by atoms with Crippen molar-refractivity contribution < 1.29 is 8.83 Å². The van der Waals surface area contributed by atoms with Gasteiger partial charge in [0.15, 0.2) is 0 Å². The summed E-state index contributed by atoms with van der Waals surface area (Å²) in [5.74, 6) is 0. The van der Waals surface area contributed by atoms with E-state index in [-0.39, 0.29) is 5.42 Å². The second-order valence-electron chi connectivity index (χ2n) is 1.89. The van der Waals surface area contributed by atoms with Gasteiger partial charge in [0.05, 0.1) is 11.6 Å². The van der Waals surface area contributed by atoms with Gasteiger partial charge < -0.3 is 0 Å². The third kappa shape index (κ3) is 0.772. The molecule has 0 bridgehead atoms. The van der Waals surface area contributed by atoms with Gasteiger partial charge in [0, 0.05) is 12.1 Å². The molecule has 2 aromatic rings. The Morgan fingerprint density at radius 2 is 2.10 bits per heavy atom. The fourth-order valence-corrected chi connectivity index (χ4v) is 0.979. The number of halogens is 1. The van der Waals surface area contributed by atoms with Crippen molar-refractivity contribution in [1.82, 2.24) is 0 Å². The standard InChI is InChI=1S/C7H4ClO2/c8-7-9-5-3-1-2-4-6(5)10-7/h1-4H/q+1. The van der Waals surface area contributed by atoms with Crippen molar-refractivity contribution in [3.63, 3.8) is 0 Å². The largest absolute Gasteiger partial charge is 0.606 e. The molecule has 1 aromatic carbocycles. The molecule has 50 valence electrons. The third-order valence-corrected chi connectivity index (χ3v) is 1.38. The van der Waals surface area contributed by atoms with Crippen molar-refractivity contribution in [3.8, 4) is 0 Å². The first-order chi connectivity index (χ1) is 4.86. The van der Waals surface area contributed by atoms with Crippen LogP contribution in [0.3, 0.4) is 0 Å². The quantitative estimate of drug-likeness (QED) is 0.547. The van der Waals surface area contributed by atoms with E-state index < -0.39 is 0 Å². The predicted molar refractivity (Wildman–Crippen MR) is 37.9 cm³/mol. The third-order valence-electron chi connectivity index (χ3n) is 1.23. The number of hydrogen-bond acceptors (Lipinski definition) is 1. The van der Waals surface area contributed by atoms with Gasteiger partial charge in [-0.05, 0) is 0 Å². The van der Waals surface area contributed by atoms with E-state index in [1.165, 1.54) is 0 Å². The van der Waals surface area contributed by atoms with Crippen LogP contribution in [0.5, 0.6) is 0 Å². The minimum atomic E-state index is 0.0706. The van der Waals surface area contributed by atoms with Crippen LogP contribution in [0, 0.1) is 0 Å². The average molecular weight is 156 g/mol. The molecule has 1 heterocycles. The maximum Gasteiger partial charge on any atom is 0.606 e. The molecule has 0 aliphatic carbocycles. The van der Waals surface area contributed by atoms with Crippen LogP contribution in [0.2, 0.25) is 5.42 Å². The van der Waals surface area contributed by atoms with Gasteiger partial charge in [0.25, 0.3) is 0 Å². The van der Waals surface area contributed by atoms with Crippen LogP contribution in [0.4, 0.5) is 0 Å². The van der Waals surface area contributed by atoms with E-state index in [0.29, 0.717) is 11.2 Å². The molecule has 0 saturated carbocycles. The van der Waals surface area contributed by atoms with Crippen molar-refractivity contribution in [2.75, 3.05) is 0 Å². The normalized spacial score (nSPS) is 10.5. The van der Waals surface area contributed by atoms with Crippen LogP contribution in [-0.4, -0.2) is 0 Å². The van der Waals surface area contributed by atoms with Crippen molar-refractivity contribution in [2.45, 2.75) is 0 Å². The van der Waals surface area contributed by atoms with Crippen LogP contribution >= 0.6 is 11.6 Å². The molecule has 0 aliphatic heterocycles. The highest BCUT2D eigenvalue weighted by atomic mass is 35.5. The van der Waals surface area contributed by atoms with E-state index in [9.17, 15) is 0 Å². The maximum atomic E-state index is 5.45. The van der Waals surface area contributed by atoms with E-state index in [0.717, 1.165) is 0 Å². The van der Waals surface area contributed by atoms with E-state index in [1.54, 1.807) is 12.1 Å². The summed E-state index contributed by atoms with van der Waals surface area (Å²) in [6.07, 6.45) is 0. The van der Waals surface area contributed by atoms with Crippen LogP contribution in [0.25, 0.3) is 11.2 Å². The van der Waals surface area contributed by atoms with Gasteiger partial charge in [0.1, 0.15) is 0 Å². The van der Waals surface area contributed by atoms with Crippen molar-refractivity contribution in [3.05, 3.63) is 29.7 Å². The van der Waals surface area contributed by atoms with Gasteiger partial charge in [-0.15, -0.1) is 0 Å². The molecule has 0 atom stereocenters. The van der Waals surface area contributed by atoms with E-state index in [1.807, 2.05) is 12.1 Å². The molecule has 0 N–H and O–H groups in total. The Hall–Kier alpha value is -1.02. The predicted octanol–water partition coefficient (Wildman–Crippen LogP) is 2.96. The number of benzene rings is 1. The molecule has 0 unspecified atom stereocenters. The molecule has 1 aromatic heterocycles. The highest BCUT2D eigenvalue weighted by Crippen LogP contribution is 2.21. The van der Waals surface area contributed by atoms with Crippen molar-refractivity contribution >= 4 is 22.8 Å². The summed E-state index contributed by atoms with van der Waals surface area (Å²) < 4.78 is 9.93. The zero-order chi connectivity index (χ0) is 6.97. The molecule has 0 saturated heterocycles. The fraction of sp³-hybridized carbons (Fsp3) is 0. The first-order valence-corrected chi connectivity index (χ1v) is 3.21. The van der Waals surface area contributed by atoms with Crippen LogP contribution in [0.15, 0.2) is 33.1 Å². The molecule has 0 spiro atoms. The number of rotatable bonds is 0. The first-order valence-electron chi connectivity index (χ1n) is 2.83. The second-order valence-corrected chi connectivity index (χ2v) is 2.20. The Balaban J connectivity index is 2.88. The minimum absolute atomic E-state index is 0.0706. The summed E-state index contributed by atoms with van der Waals surface area (Å²) in [6, 6.07) is 7.31. The van der Waals surface area contributed by atoms with Gasteiger partial charge in [-0.25, -0.2) is 0 Å². The molecule has 2 nitrogen and oxygen atoms in total. The van der Waals surface area contributed by atoms with Gasteiger partial charge >= 0.3 is 16.6 Å². The van der Waals surface area contributed by atoms with E-state index in [4.69, 9.17) is 20.4 Å². The Bertz CT molecular complexity index is 320. The lowest BCUT2D eigenvalue weighted by Gasteiger charge is -1.69. The van der Waals surface area contributed by atoms with Crippen molar-refractivity contribution in [2.24, 2.45) is 0 Å². The van der Waals surface area contributed by atoms with Gasteiger partial charge in [-0.1, -0.05) is 12.1 Å². The Kier molecular flexibility index (Phi) is 1.14. The van der Waals surface area contributed by atoms with Gasteiger partial charge in [-0.2, -0.15) is 0 Å². The Morgan fingerprint density at radius 3 is 2.90 bits per heavy atom. The lowest BCUT2D eigenvalue weighted by Crippen LogP contribution is -1.57. The molecule has 0 radical (unpaired) electrons. The number of para-hydroxylation sites is 2. The van der Waals surface area contributed by atoms with E-state index in [2.05, 4.69) is 0 Å². The summed E-state index contributed by atoms with van der Waals surface area (Å²) in [5, 5.41) is 0. The SMILES string of the molecule is Clc1oc2ccccc2[o+]1. The summed E-state index contributed by atoms with van der Waals surface area (Å²) in [5.41, 5.74) is 1.42. The summed E-state index contributed by atoms with van der Waals surface area (Å²) in [7, 11) is 0. The zero-order valence-corrected chi connectivity index (χ0v) is 5.76. The zero-order valence-electron chi connectivity index (χ0n) is 5.00. The lowest BCUT2D eigenvalue weighted by atomic mass is 10.3. The smallest absolute Gasteiger partial charge is 0.256 e. The molecule has 0 amide bonds. The topological polar surface area (TPSA) is 24.4 Å². The van der Waals surface area contributed by atoms with Crippen molar-refractivity contribution in [1.29, 1.82) is 0 Å². The molecule has 0 aliphatic rings. The maximum absolute atomic E-state index is 5.45. The molecular weight excluding hydrogens is 152 g/mol. The monoisotopic (exact) mass is 155 g/mol. The first kappa shape index (κ1) is 5.74. The summed E-state index contributed by atoms with van der Waals surface area (Å²) in [4.78, 5) is 0. The molecule has 0 fully saturated rings. The van der Waals surface area contributed by atoms with Crippen LogP contribution < -0.4 is 0 Å². The molecular formula is C7H4ClO2+. The summed E-state index contributed by atoms with van der Waals surface area (Å²) >= 11 is 5.45. The number of hydrogen-bond donors (Lipinski definition) is 0. The van der Waals surface area contributed by atoms with Gasteiger partial charge in [-0.3, -0.25) is 8.83 Å². The van der Waals surface area contributed by atoms with Crippen LogP contribution in [-0.2, 0) is 0 Å². The van der Waals surface area contributed by atoms with E-state index >= 15 is 0 Å². The lowest BCUT2D eigenvalue weighted by molar-refractivity contribution is 0.472. The summed E-state index contributed by atoms with van der Waals surface area (Å²) in [6.45, 7) is 0. The van der Waals surface area contributed by atoms with Crippen LogP contribution in [0.1, 0.15) is 0 Å². The second kappa shape index (κ2) is 1.99. The van der Waals surface area contributed by atoms with Gasteiger partial charge in [0.2, 0.25) is 0 Å². The molecule has 10 heavy (non-hydrogen) atoms. The fourth-order valence-electron chi connectivity index (χ4n) is 0.813.